The lowest BCUT2D eigenvalue weighted by molar-refractivity contribution is 0.132. The molecular formula is C20H27N3OS. The van der Waals surface area contributed by atoms with E-state index in [1.807, 2.05) is 18.2 Å². The average molecular weight is 358 g/mol. The lowest BCUT2D eigenvalue weighted by Gasteiger charge is -2.31. The molecule has 0 radical (unpaired) electrons. The first kappa shape index (κ1) is 18.0. The van der Waals surface area contributed by atoms with Crippen molar-refractivity contribution in [1.82, 2.24) is 5.32 Å². The van der Waals surface area contributed by atoms with Crippen molar-refractivity contribution in [3.63, 3.8) is 0 Å². The summed E-state index contributed by atoms with van der Waals surface area (Å²) in [5, 5.41) is 3.59. The summed E-state index contributed by atoms with van der Waals surface area (Å²) in [6.07, 6.45) is 5.01. The molecule has 2 aromatic rings. The number of piperidine rings is 1. The van der Waals surface area contributed by atoms with Crippen molar-refractivity contribution < 1.29 is 4.74 Å². The molecule has 0 bridgehead atoms. The van der Waals surface area contributed by atoms with Gasteiger partial charge < -0.3 is 21.5 Å². The van der Waals surface area contributed by atoms with Crippen LogP contribution in [0, 0.1) is 0 Å². The molecule has 25 heavy (non-hydrogen) atoms. The lowest BCUT2D eigenvalue weighted by Crippen LogP contribution is -2.45. The molecule has 0 saturated carbocycles. The minimum absolute atomic E-state index is 0.232. The van der Waals surface area contributed by atoms with Crippen LogP contribution in [0.1, 0.15) is 32.6 Å². The van der Waals surface area contributed by atoms with E-state index in [1.54, 1.807) is 11.8 Å². The Kier molecular flexibility index (Phi) is 6.10. The minimum atomic E-state index is 0.232. The van der Waals surface area contributed by atoms with Gasteiger partial charge in [0, 0.05) is 15.8 Å². The Bertz CT molecular complexity index is 684. The average Bonchev–Trinajstić information content (AvgIpc) is 2.65. The first-order valence-corrected chi connectivity index (χ1v) is 9.80. The van der Waals surface area contributed by atoms with Crippen LogP contribution in [0.5, 0.6) is 5.75 Å². The lowest BCUT2D eigenvalue weighted by atomic mass is 9.98. The number of rotatable bonds is 6. The molecule has 1 fully saturated rings. The van der Waals surface area contributed by atoms with Crippen LogP contribution >= 0.6 is 11.8 Å². The number of nitrogen functional groups attached to an aromatic ring is 2. The van der Waals surface area contributed by atoms with Gasteiger partial charge in [-0.2, -0.15) is 0 Å². The Hall–Kier alpha value is -1.85. The fraction of sp³-hybridized carbons (Fsp3) is 0.400. The third-order valence-corrected chi connectivity index (χ3v) is 5.60. The summed E-state index contributed by atoms with van der Waals surface area (Å²) in [5.74, 6) is 0.931. The highest BCUT2D eigenvalue weighted by atomic mass is 32.2. The second-order valence-corrected chi connectivity index (χ2v) is 7.63. The van der Waals surface area contributed by atoms with Crippen molar-refractivity contribution in [1.29, 1.82) is 0 Å². The molecule has 2 atom stereocenters. The van der Waals surface area contributed by atoms with Gasteiger partial charge >= 0.3 is 0 Å². The van der Waals surface area contributed by atoms with Gasteiger partial charge in [0.25, 0.3) is 0 Å². The van der Waals surface area contributed by atoms with E-state index >= 15 is 0 Å². The van der Waals surface area contributed by atoms with Gasteiger partial charge in [-0.05, 0) is 68.3 Å². The zero-order valence-electron chi connectivity index (χ0n) is 14.7. The highest BCUT2D eigenvalue weighted by molar-refractivity contribution is 7.99. The van der Waals surface area contributed by atoms with Crippen LogP contribution in [0.15, 0.2) is 52.3 Å². The molecule has 5 N–H and O–H groups in total. The molecule has 134 valence electrons. The second-order valence-electron chi connectivity index (χ2n) is 6.49. The molecule has 0 aromatic heterocycles. The third-order valence-electron chi connectivity index (χ3n) is 4.60. The van der Waals surface area contributed by atoms with Crippen LogP contribution in [-0.2, 0) is 0 Å². The van der Waals surface area contributed by atoms with Crippen LogP contribution in [0.2, 0.25) is 0 Å². The first-order chi connectivity index (χ1) is 12.2. The molecule has 2 aromatic carbocycles. The normalized spacial score (nSPS) is 18.7. The van der Waals surface area contributed by atoms with E-state index in [-0.39, 0.29) is 6.10 Å². The van der Waals surface area contributed by atoms with Gasteiger partial charge in [0.1, 0.15) is 11.9 Å². The summed E-state index contributed by atoms with van der Waals surface area (Å²) in [7, 11) is 0. The first-order valence-electron chi connectivity index (χ1n) is 8.98. The SMILES string of the molecule is CCC(Oc1ccc(Sc2ccc(N)c(N)c2)cc1)C1CCCCN1. The largest absolute Gasteiger partial charge is 0.489 e. The van der Waals surface area contributed by atoms with Crippen LogP contribution in [0.4, 0.5) is 11.4 Å². The van der Waals surface area contributed by atoms with Gasteiger partial charge in [-0.3, -0.25) is 0 Å². The molecular weight excluding hydrogens is 330 g/mol. The maximum atomic E-state index is 6.23. The maximum absolute atomic E-state index is 6.23. The van der Waals surface area contributed by atoms with Crippen LogP contribution in [0.25, 0.3) is 0 Å². The molecule has 5 heteroatoms. The van der Waals surface area contributed by atoms with E-state index in [4.69, 9.17) is 16.2 Å². The van der Waals surface area contributed by atoms with E-state index in [0.29, 0.717) is 17.4 Å². The minimum Gasteiger partial charge on any atom is -0.489 e. The van der Waals surface area contributed by atoms with Crippen LogP contribution in [-0.4, -0.2) is 18.7 Å². The van der Waals surface area contributed by atoms with Crippen LogP contribution in [0.3, 0.4) is 0 Å². The van der Waals surface area contributed by atoms with E-state index < -0.39 is 0 Å². The fourth-order valence-corrected chi connectivity index (χ4v) is 4.03. The highest BCUT2D eigenvalue weighted by Crippen LogP contribution is 2.32. The summed E-state index contributed by atoms with van der Waals surface area (Å²) >= 11 is 1.67. The molecule has 1 aliphatic heterocycles. The van der Waals surface area contributed by atoms with Crippen molar-refractivity contribution in [2.75, 3.05) is 18.0 Å². The molecule has 4 nitrogen and oxygen atoms in total. The smallest absolute Gasteiger partial charge is 0.119 e. The Labute approximate surface area is 154 Å². The van der Waals surface area contributed by atoms with Crippen molar-refractivity contribution in [2.24, 2.45) is 0 Å². The number of anilines is 2. The van der Waals surface area contributed by atoms with E-state index in [0.717, 1.165) is 28.5 Å². The molecule has 0 spiro atoms. The molecule has 3 rings (SSSR count). The number of benzene rings is 2. The molecule has 0 amide bonds. The highest BCUT2D eigenvalue weighted by Gasteiger charge is 2.23. The topological polar surface area (TPSA) is 73.3 Å². The Morgan fingerprint density at radius 3 is 2.48 bits per heavy atom. The van der Waals surface area contributed by atoms with Gasteiger partial charge in [-0.15, -0.1) is 0 Å². The molecule has 1 heterocycles. The standard InChI is InChI=1S/C20H27N3OS/c1-2-20(19-5-3-4-12-23-19)24-14-6-8-15(9-7-14)25-16-10-11-17(21)18(22)13-16/h6-11,13,19-20,23H,2-5,12,21-22H2,1H3. The van der Waals surface area contributed by atoms with Gasteiger partial charge in [0.2, 0.25) is 0 Å². The number of hydrogen-bond acceptors (Lipinski definition) is 5. The molecule has 1 aliphatic rings. The van der Waals surface area contributed by atoms with Crippen LogP contribution < -0.4 is 21.5 Å². The van der Waals surface area contributed by atoms with E-state index in [2.05, 4.69) is 36.5 Å². The molecule has 0 aliphatic carbocycles. The van der Waals surface area contributed by atoms with Gasteiger partial charge in [-0.25, -0.2) is 0 Å². The quantitative estimate of drug-likeness (QED) is 0.672. The number of hydrogen-bond donors (Lipinski definition) is 3. The van der Waals surface area contributed by atoms with Gasteiger partial charge in [0.15, 0.2) is 0 Å². The second kappa shape index (κ2) is 8.50. The third kappa shape index (κ3) is 4.83. The fourth-order valence-electron chi connectivity index (χ4n) is 3.16. The van der Waals surface area contributed by atoms with Crippen molar-refractivity contribution in [3.8, 4) is 5.75 Å². The molecule has 1 saturated heterocycles. The summed E-state index contributed by atoms with van der Waals surface area (Å²) in [6, 6.07) is 14.5. The van der Waals surface area contributed by atoms with Gasteiger partial charge in [0.05, 0.1) is 11.4 Å². The number of ether oxygens (including phenoxy) is 1. The number of nitrogens with one attached hydrogen (secondary N) is 1. The summed E-state index contributed by atoms with van der Waals surface area (Å²) in [6.45, 7) is 3.29. The molecule has 2 unspecified atom stereocenters. The Balaban J connectivity index is 1.61. The monoisotopic (exact) mass is 357 g/mol. The van der Waals surface area contributed by atoms with E-state index in [1.165, 1.54) is 19.3 Å². The Morgan fingerprint density at radius 2 is 1.84 bits per heavy atom. The maximum Gasteiger partial charge on any atom is 0.119 e. The zero-order chi connectivity index (χ0) is 17.6. The summed E-state index contributed by atoms with van der Waals surface area (Å²) in [5.41, 5.74) is 12.9. The number of nitrogens with two attached hydrogens (primary N) is 2. The summed E-state index contributed by atoms with van der Waals surface area (Å²) in [4.78, 5) is 2.23. The predicted octanol–water partition coefficient (Wildman–Crippen LogP) is 4.30. The predicted molar refractivity (Wildman–Crippen MR) is 106 cm³/mol. The van der Waals surface area contributed by atoms with Gasteiger partial charge in [-0.1, -0.05) is 25.1 Å². The summed E-state index contributed by atoms with van der Waals surface area (Å²) < 4.78 is 6.23. The van der Waals surface area contributed by atoms with Crippen molar-refractivity contribution in [3.05, 3.63) is 42.5 Å². The van der Waals surface area contributed by atoms with Crippen molar-refractivity contribution >= 4 is 23.1 Å². The van der Waals surface area contributed by atoms with E-state index in [9.17, 15) is 0 Å². The Morgan fingerprint density at radius 1 is 1.08 bits per heavy atom. The zero-order valence-corrected chi connectivity index (χ0v) is 15.5. The van der Waals surface area contributed by atoms with Crippen molar-refractivity contribution in [2.45, 2.75) is 54.5 Å².